The van der Waals surface area contributed by atoms with Gasteiger partial charge in [-0.05, 0) is 38.0 Å². The Morgan fingerprint density at radius 3 is 2.65 bits per heavy atom. The molecule has 1 heterocycles. The number of anilines is 1. The molecule has 1 aromatic carbocycles. The van der Waals surface area contributed by atoms with E-state index in [0.29, 0.717) is 11.1 Å². The van der Waals surface area contributed by atoms with Crippen molar-refractivity contribution < 1.29 is 5.11 Å². The van der Waals surface area contributed by atoms with Gasteiger partial charge in [0.1, 0.15) is 11.6 Å². The number of nitriles is 1. The molecule has 0 amide bonds. The molecule has 6 nitrogen and oxygen atoms in total. The summed E-state index contributed by atoms with van der Waals surface area (Å²) in [5.74, 6) is -0.224. The van der Waals surface area contributed by atoms with Crippen LogP contribution in [0.25, 0.3) is 0 Å². The number of hydrazone groups is 1. The number of aromatic hydroxyl groups is 1. The fourth-order valence-electron chi connectivity index (χ4n) is 2.30. The summed E-state index contributed by atoms with van der Waals surface area (Å²) in [5, 5.41) is 23.3. The van der Waals surface area contributed by atoms with Crippen LogP contribution < -0.4 is 11.0 Å². The van der Waals surface area contributed by atoms with Crippen LogP contribution >= 0.6 is 0 Å². The van der Waals surface area contributed by atoms with Crippen LogP contribution in [-0.2, 0) is 7.05 Å². The molecule has 2 rings (SSSR count). The quantitative estimate of drug-likeness (QED) is 0.672. The number of hydrogen-bond donors (Lipinski definition) is 2. The predicted molar refractivity (Wildman–Crippen MR) is 89.9 cm³/mol. The summed E-state index contributed by atoms with van der Waals surface area (Å²) >= 11 is 0. The molecule has 2 aromatic rings. The van der Waals surface area contributed by atoms with E-state index in [1.807, 2.05) is 38.1 Å². The highest BCUT2D eigenvalue weighted by Crippen LogP contribution is 2.19. The largest absolute Gasteiger partial charge is 0.494 e. The van der Waals surface area contributed by atoms with Gasteiger partial charge in [-0.15, -0.1) is 0 Å². The maximum absolute atomic E-state index is 11.9. The highest BCUT2D eigenvalue weighted by Gasteiger charge is 2.15. The van der Waals surface area contributed by atoms with Gasteiger partial charge in [0.25, 0.3) is 5.56 Å². The van der Waals surface area contributed by atoms with E-state index in [1.54, 1.807) is 6.92 Å². The number of nitrogens with zero attached hydrogens (tertiary/aromatic N) is 3. The Labute approximate surface area is 134 Å². The summed E-state index contributed by atoms with van der Waals surface area (Å²) in [5.41, 5.74) is 6.15. The van der Waals surface area contributed by atoms with Gasteiger partial charge in [0.2, 0.25) is 5.88 Å². The third-order valence-electron chi connectivity index (χ3n) is 3.73. The minimum atomic E-state index is -0.526. The number of nitrogens with one attached hydrogen (secondary N) is 1. The average molecular weight is 310 g/mol. The van der Waals surface area contributed by atoms with E-state index in [9.17, 15) is 9.90 Å². The summed E-state index contributed by atoms with van der Waals surface area (Å²) in [7, 11) is 1.41. The van der Waals surface area contributed by atoms with Gasteiger partial charge in [-0.2, -0.15) is 10.4 Å². The van der Waals surface area contributed by atoms with Crippen molar-refractivity contribution in [3.8, 4) is 11.9 Å². The molecule has 0 bridgehead atoms. The first-order valence-electron chi connectivity index (χ1n) is 7.05. The first-order chi connectivity index (χ1) is 10.9. The van der Waals surface area contributed by atoms with Gasteiger partial charge in [0.15, 0.2) is 0 Å². The molecule has 0 spiro atoms. The van der Waals surface area contributed by atoms with Crippen LogP contribution in [-0.4, -0.2) is 15.9 Å². The Morgan fingerprint density at radius 1 is 1.35 bits per heavy atom. The highest BCUT2D eigenvalue weighted by atomic mass is 16.3. The average Bonchev–Trinajstić information content (AvgIpc) is 2.51. The van der Waals surface area contributed by atoms with Crippen LogP contribution in [0.2, 0.25) is 0 Å². The summed E-state index contributed by atoms with van der Waals surface area (Å²) < 4.78 is 1.03. The van der Waals surface area contributed by atoms with Crippen molar-refractivity contribution in [3.63, 3.8) is 0 Å². The standard InChI is InChI=1S/C17H18N4O2/c1-10-5-6-15(11(2)7-10)20-19-9-14-12(3)13(8-18)16(22)21(4)17(14)23/h5-7,9,20,23H,1-4H3/b19-9+. The lowest BCUT2D eigenvalue weighted by atomic mass is 10.1. The zero-order valence-electron chi connectivity index (χ0n) is 13.5. The van der Waals surface area contributed by atoms with Gasteiger partial charge in [-0.1, -0.05) is 17.7 Å². The molecule has 1 aromatic heterocycles. The van der Waals surface area contributed by atoms with E-state index in [0.717, 1.165) is 21.4 Å². The first-order valence-corrected chi connectivity index (χ1v) is 7.05. The summed E-state index contributed by atoms with van der Waals surface area (Å²) in [6.45, 7) is 5.58. The predicted octanol–water partition coefficient (Wildman–Crippen LogP) is 2.33. The molecular formula is C17H18N4O2. The Bertz CT molecular complexity index is 889. The number of benzene rings is 1. The Balaban J connectivity index is 2.39. The minimum Gasteiger partial charge on any atom is -0.494 e. The lowest BCUT2D eigenvalue weighted by molar-refractivity contribution is 0.421. The minimum absolute atomic E-state index is 0.00161. The lowest BCUT2D eigenvalue weighted by Crippen LogP contribution is -2.22. The maximum Gasteiger partial charge on any atom is 0.271 e. The SMILES string of the molecule is Cc1ccc(N/N=C/c2c(C)c(C#N)c(=O)n(C)c2O)c(C)c1. The lowest BCUT2D eigenvalue weighted by Gasteiger charge is -2.10. The smallest absolute Gasteiger partial charge is 0.271 e. The molecule has 0 saturated heterocycles. The normalized spacial score (nSPS) is 10.7. The van der Waals surface area contributed by atoms with Crippen molar-refractivity contribution in [1.82, 2.24) is 4.57 Å². The van der Waals surface area contributed by atoms with Gasteiger partial charge in [0, 0.05) is 7.05 Å². The van der Waals surface area contributed by atoms with Gasteiger partial charge < -0.3 is 5.11 Å². The Hall–Kier alpha value is -3.07. The van der Waals surface area contributed by atoms with Gasteiger partial charge in [-0.3, -0.25) is 14.8 Å². The monoisotopic (exact) mass is 310 g/mol. The Morgan fingerprint density at radius 2 is 2.04 bits per heavy atom. The van der Waals surface area contributed by atoms with Crippen LogP contribution in [0, 0.1) is 32.1 Å². The summed E-state index contributed by atoms with van der Waals surface area (Å²) in [6, 6.07) is 7.78. The molecule has 0 aliphatic heterocycles. The van der Waals surface area contributed by atoms with Crippen molar-refractivity contribution in [1.29, 1.82) is 5.26 Å². The first kappa shape index (κ1) is 16.3. The zero-order valence-corrected chi connectivity index (χ0v) is 13.5. The fourth-order valence-corrected chi connectivity index (χ4v) is 2.30. The van der Waals surface area contributed by atoms with E-state index in [-0.39, 0.29) is 11.4 Å². The molecule has 0 aliphatic carbocycles. The maximum atomic E-state index is 11.9. The van der Waals surface area contributed by atoms with Crippen LogP contribution in [0.5, 0.6) is 5.88 Å². The van der Waals surface area contributed by atoms with Crippen LogP contribution in [0.1, 0.15) is 27.8 Å². The number of hydrogen-bond acceptors (Lipinski definition) is 5. The topological polar surface area (TPSA) is 90.4 Å². The number of aromatic nitrogens is 1. The van der Waals surface area contributed by atoms with Gasteiger partial charge in [-0.25, -0.2) is 0 Å². The number of rotatable bonds is 3. The third kappa shape index (κ3) is 3.09. The molecule has 0 aliphatic rings. The zero-order chi connectivity index (χ0) is 17.1. The van der Waals surface area contributed by atoms with E-state index in [1.165, 1.54) is 13.3 Å². The molecule has 0 unspecified atom stereocenters. The van der Waals surface area contributed by atoms with Gasteiger partial charge in [0.05, 0.1) is 17.5 Å². The van der Waals surface area contributed by atoms with E-state index in [4.69, 9.17) is 5.26 Å². The van der Waals surface area contributed by atoms with Crippen molar-refractivity contribution in [2.24, 2.45) is 12.1 Å². The van der Waals surface area contributed by atoms with E-state index >= 15 is 0 Å². The third-order valence-corrected chi connectivity index (χ3v) is 3.73. The van der Waals surface area contributed by atoms with E-state index in [2.05, 4.69) is 10.5 Å². The molecule has 23 heavy (non-hydrogen) atoms. The molecule has 6 heteroatoms. The molecule has 0 radical (unpaired) electrons. The second-order valence-electron chi connectivity index (χ2n) is 5.40. The van der Waals surface area contributed by atoms with E-state index < -0.39 is 5.56 Å². The second-order valence-corrected chi connectivity index (χ2v) is 5.40. The second kappa shape index (κ2) is 6.36. The fraction of sp³-hybridized carbons (Fsp3) is 0.235. The summed E-state index contributed by atoms with van der Waals surface area (Å²) in [6.07, 6.45) is 1.41. The van der Waals surface area contributed by atoms with Crippen molar-refractivity contribution in [2.75, 3.05) is 5.43 Å². The molecule has 0 atom stereocenters. The molecule has 118 valence electrons. The number of pyridine rings is 1. The van der Waals surface area contributed by atoms with Crippen molar-refractivity contribution in [3.05, 3.63) is 56.4 Å². The van der Waals surface area contributed by atoms with Gasteiger partial charge >= 0.3 is 0 Å². The number of aryl methyl sites for hydroxylation is 2. The molecule has 0 saturated carbocycles. The summed E-state index contributed by atoms with van der Waals surface area (Å²) in [4.78, 5) is 11.9. The van der Waals surface area contributed by atoms with Crippen LogP contribution in [0.3, 0.4) is 0 Å². The van der Waals surface area contributed by atoms with Crippen LogP contribution in [0.15, 0.2) is 28.1 Å². The highest BCUT2D eigenvalue weighted by molar-refractivity contribution is 5.86. The molecule has 2 N–H and O–H groups in total. The van der Waals surface area contributed by atoms with Crippen LogP contribution in [0.4, 0.5) is 5.69 Å². The molecular weight excluding hydrogens is 292 g/mol. The van der Waals surface area contributed by atoms with Crippen molar-refractivity contribution in [2.45, 2.75) is 20.8 Å². The van der Waals surface area contributed by atoms with Crippen molar-refractivity contribution >= 4 is 11.9 Å². The Kier molecular flexibility index (Phi) is 4.51. The molecule has 0 fully saturated rings.